The average molecular weight is 289 g/mol. The third-order valence-electron chi connectivity index (χ3n) is 2.42. The molecule has 0 atom stereocenters. The minimum absolute atomic E-state index is 0.845. The minimum Gasteiger partial charge on any atom is -0.382 e. The normalized spacial score (nSPS) is 9.76. The highest BCUT2D eigenvalue weighted by molar-refractivity contribution is 9.10. The van der Waals surface area contributed by atoms with E-state index in [4.69, 9.17) is 0 Å². The van der Waals surface area contributed by atoms with Gasteiger partial charge in [-0.05, 0) is 35.0 Å². The second-order valence-corrected chi connectivity index (χ2v) is 4.55. The van der Waals surface area contributed by atoms with Crippen LogP contribution in [0.4, 0.5) is 5.69 Å². The van der Waals surface area contributed by atoms with Gasteiger partial charge in [0.25, 0.3) is 0 Å². The van der Waals surface area contributed by atoms with E-state index in [-0.39, 0.29) is 0 Å². The summed E-state index contributed by atoms with van der Waals surface area (Å²) in [6.45, 7) is 2.70. The van der Waals surface area contributed by atoms with E-state index >= 15 is 0 Å². The second kappa shape index (κ2) is 5.70. The maximum Gasteiger partial charge on any atom is 0.0934 e. The first-order chi connectivity index (χ1) is 8.31. The molecule has 1 N–H and O–H groups in total. The maximum atomic E-state index is 4.43. The van der Waals surface area contributed by atoms with Crippen molar-refractivity contribution in [3.05, 3.63) is 34.9 Å². The lowest BCUT2D eigenvalue weighted by atomic mass is 10.2. The molecule has 0 unspecified atom stereocenters. The molecule has 2 aromatic rings. The van der Waals surface area contributed by atoms with Gasteiger partial charge in [-0.1, -0.05) is 12.1 Å². The zero-order valence-corrected chi connectivity index (χ0v) is 11.2. The van der Waals surface area contributed by atoms with Gasteiger partial charge in [0.05, 0.1) is 11.2 Å². The molecule has 0 amide bonds. The van der Waals surface area contributed by atoms with Crippen LogP contribution in [-0.4, -0.2) is 11.5 Å². The number of nitrogens with zero attached hydrogens (tertiary/aromatic N) is 1. The van der Waals surface area contributed by atoms with Crippen LogP contribution < -0.4 is 5.32 Å². The molecule has 1 aromatic carbocycles. The largest absolute Gasteiger partial charge is 0.382 e. The number of halogens is 1. The molecule has 86 valence electrons. The predicted octanol–water partition coefficient (Wildman–Crippen LogP) is 3.82. The molecular weight excluding hydrogens is 276 g/mol. The highest BCUT2D eigenvalue weighted by Gasteiger charge is 2.01. The summed E-state index contributed by atoms with van der Waals surface area (Å²) in [7, 11) is 0. The molecule has 0 spiro atoms. The lowest BCUT2D eigenvalue weighted by Gasteiger charge is -2.07. The van der Waals surface area contributed by atoms with Crippen molar-refractivity contribution in [2.45, 2.75) is 13.3 Å². The predicted molar refractivity (Wildman–Crippen MR) is 76.0 cm³/mol. The fraction of sp³-hybridized carbons (Fsp3) is 0.214. The Hall–Kier alpha value is -1.53. The standard InChI is InChI=1S/C14H13BrN2/c1-2-3-4-8-16-13-7-5-6-11-9-12(15)10-17-14(11)13/h5-7,9-10,16H,4,8H2,1H3. The molecule has 3 heteroatoms. The van der Waals surface area contributed by atoms with E-state index in [0.29, 0.717) is 0 Å². The van der Waals surface area contributed by atoms with Crippen LogP contribution in [0, 0.1) is 11.8 Å². The number of anilines is 1. The summed E-state index contributed by atoms with van der Waals surface area (Å²) < 4.78 is 0.999. The summed E-state index contributed by atoms with van der Waals surface area (Å²) >= 11 is 3.43. The summed E-state index contributed by atoms with van der Waals surface area (Å²) in [6.07, 6.45) is 2.67. The van der Waals surface area contributed by atoms with Crippen molar-refractivity contribution in [1.82, 2.24) is 4.98 Å². The van der Waals surface area contributed by atoms with Gasteiger partial charge in [-0.15, -0.1) is 11.8 Å². The van der Waals surface area contributed by atoms with Crippen LogP contribution in [0.25, 0.3) is 10.9 Å². The number of para-hydroxylation sites is 1. The van der Waals surface area contributed by atoms with Crippen LogP contribution in [0.2, 0.25) is 0 Å². The number of aromatic nitrogens is 1. The highest BCUT2D eigenvalue weighted by Crippen LogP contribution is 2.23. The molecule has 0 aliphatic rings. The average Bonchev–Trinajstić information content (AvgIpc) is 2.34. The topological polar surface area (TPSA) is 24.9 Å². The fourth-order valence-corrected chi connectivity index (χ4v) is 2.01. The van der Waals surface area contributed by atoms with Crippen LogP contribution in [0.5, 0.6) is 0 Å². The van der Waals surface area contributed by atoms with Gasteiger partial charge in [-0.2, -0.15) is 0 Å². The molecule has 0 bridgehead atoms. The SMILES string of the molecule is CC#CCCNc1cccc2cc(Br)cnc12. The zero-order valence-electron chi connectivity index (χ0n) is 9.63. The lowest BCUT2D eigenvalue weighted by molar-refractivity contribution is 1.10. The van der Waals surface area contributed by atoms with Crippen LogP contribution >= 0.6 is 15.9 Å². The fourth-order valence-electron chi connectivity index (χ4n) is 1.66. The Morgan fingerprint density at radius 3 is 3.12 bits per heavy atom. The lowest BCUT2D eigenvalue weighted by Crippen LogP contribution is -2.01. The monoisotopic (exact) mass is 288 g/mol. The van der Waals surface area contributed by atoms with Gasteiger partial charge in [0.15, 0.2) is 0 Å². The Morgan fingerprint density at radius 2 is 2.29 bits per heavy atom. The minimum atomic E-state index is 0.845. The van der Waals surface area contributed by atoms with Crippen molar-refractivity contribution in [3.8, 4) is 11.8 Å². The number of benzene rings is 1. The number of rotatable bonds is 3. The summed E-state index contributed by atoms with van der Waals surface area (Å²) in [4.78, 5) is 4.43. The summed E-state index contributed by atoms with van der Waals surface area (Å²) in [5, 5.41) is 4.49. The summed E-state index contributed by atoms with van der Waals surface area (Å²) in [5.41, 5.74) is 2.06. The van der Waals surface area contributed by atoms with E-state index in [2.05, 4.69) is 50.2 Å². The molecule has 1 heterocycles. The van der Waals surface area contributed by atoms with Gasteiger partial charge >= 0.3 is 0 Å². The van der Waals surface area contributed by atoms with E-state index in [1.807, 2.05) is 25.3 Å². The zero-order chi connectivity index (χ0) is 12.1. The molecule has 0 aliphatic heterocycles. The maximum absolute atomic E-state index is 4.43. The summed E-state index contributed by atoms with van der Waals surface area (Å²) in [6, 6.07) is 8.20. The molecule has 0 saturated carbocycles. The van der Waals surface area contributed by atoms with E-state index < -0.39 is 0 Å². The van der Waals surface area contributed by atoms with Crippen LogP contribution in [-0.2, 0) is 0 Å². The van der Waals surface area contributed by atoms with Gasteiger partial charge < -0.3 is 5.32 Å². The van der Waals surface area contributed by atoms with Crippen LogP contribution in [0.1, 0.15) is 13.3 Å². The Kier molecular flexibility index (Phi) is 4.00. The molecular formula is C14H13BrN2. The molecule has 2 rings (SSSR count). The first-order valence-electron chi connectivity index (χ1n) is 5.49. The van der Waals surface area contributed by atoms with E-state index in [9.17, 15) is 0 Å². The quantitative estimate of drug-likeness (QED) is 0.686. The van der Waals surface area contributed by atoms with E-state index in [1.165, 1.54) is 0 Å². The molecule has 0 saturated heterocycles. The van der Waals surface area contributed by atoms with Crippen molar-refractivity contribution in [3.63, 3.8) is 0 Å². The molecule has 0 aliphatic carbocycles. The Balaban J connectivity index is 2.24. The van der Waals surface area contributed by atoms with E-state index in [1.54, 1.807) is 0 Å². The number of pyridine rings is 1. The Bertz CT molecular complexity index is 582. The van der Waals surface area contributed by atoms with Gasteiger partial charge in [-0.25, -0.2) is 0 Å². The van der Waals surface area contributed by atoms with Crippen LogP contribution in [0.3, 0.4) is 0 Å². The highest BCUT2D eigenvalue weighted by atomic mass is 79.9. The second-order valence-electron chi connectivity index (χ2n) is 3.63. The van der Waals surface area contributed by atoms with Crippen molar-refractivity contribution in [1.29, 1.82) is 0 Å². The van der Waals surface area contributed by atoms with Crippen LogP contribution in [0.15, 0.2) is 34.9 Å². The van der Waals surface area contributed by atoms with E-state index in [0.717, 1.165) is 34.0 Å². The number of hydrogen-bond donors (Lipinski definition) is 1. The van der Waals surface area contributed by atoms with Crippen molar-refractivity contribution in [2.75, 3.05) is 11.9 Å². The van der Waals surface area contributed by atoms with Gasteiger partial charge in [0, 0.05) is 29.0 Å². The molecule has 0 fully saturated rings. The third-order valence-corrected chi connectivity index (χ3v) is 2.85. The van der Waals surface area contributed by atoms with Crippen molar-refractivity contribution in [2.24, 2.45) is 0 Å². The smallest absolute Gasteiger partial charge is 0.0934 e. The Morgan fingerprint density at radius 1 is 1.41 bits per heavy atom. The number of hydrogen-bond acceptors (Lipinski definition) is 2. The molecule has 2 nitrogen and oxygen atoms in total. The number of fused-ring (bicyclic) bond motifs is 1. The van der Waals surface area contributed by atoms with Crippen molar-refractivity contribution >= 4 is 32.5 Å². The summed E-state index contributed by atoms with van der Waals surface area (Å²) in [5.74, 6) is 5.92. The number of nitrogens with one attached hydrogen (secondary N) is 1. The van der Waals surface area contributed by atoms with Crippen molar-refractivity contribution < 1.29 is 0 Å². The molecule has 0 radical (unpaired) electrons. The van der Waals surface area contributed by atoms with Gasteiger partial charge in [-0.3, -0.25) is 4.98 Å². The molecule has 17 heavy (non-hydrogen) atoms. The Labute approximate surface area is 110 Å². The third kappa shape index (κ3) is 2.98. The van der Waals surface area contributed by atoms with Gasteiger partial charge in [0.2, 0.25) is 0 Å². The first kappa shape index (κ1) is 11.9. The molecule has 1 aromatic heterocycles. The first-order valence-corrected chi connectivity index (χ1v) is 6.28. The van der Waals surface area contributed by atoms with Gasteiger partial charge in [0.1, 0.15) is 0 Å².